The van der Waals surface area contributed by atoms with Gasteiger partial charge in [0.05, 0.1) is 0 Å². The minimum absolute atomic E-state index is 0.182. The van der Waals surface area contributed by atoms with Gasteiger partial charge in [-0.3, -0.25) is 4.79 Å². The fourth-order valence-electron chi connectivity index (χ4n) is 2.60. The van der Waals surface area contributed by atoms with E-state index in [1.807, 2.05) is 12.1 Å². The van der Waals surface area contributed by atoms with Gasteiger partial charge in [0, 0.05) is 13.0 Å². The van der Waals surface area contributed by atoms with Crippen molar-refractivity contribution in [2.75, 3.05) is 13.1 Å². The van der Waals surface area contributed by atoms with E-state index in [-0.39, 0.29) is 5.91 Å². The molecule has 0 radical (unpaired) electrons. The van der Waals surface area contributed by atoms with Crippen molar-refractivity contribution in [3.63, 3.8) is 0 Å². The fourth-order valence-corrected chi connectivity index (χ4v) is 2.60. The standard InChI is InChI=1S/C16H24N2O/c1-13-4-2-3-5-15(13)12-18-16(19)7-6-14-8-10-17-11-9-14/h2-5,14,17H,6-12H2,1H3,(H,18,19). The second-order valence-electron chi connectivity index (χ2n) is 5.44. The van der Waals surface area contributed by atoms with E-state index in [4.69, 9.17) is 0 Å². The summed E-state index contributed by atoms with van der Waals surface area (Å²) in [4.78, 5) is 11.8. The van der Waals surface area contributed by atoms with E-state index in [1.165, 1.54) is 24.0 Å². The number of nitrogens with one attached hydrogen (secondary N) is 2. The maximum atomic E-state index is 11.8. The summed E-state index contributed by atoms with van der Waals surface area (Å²) in [5.74, 6) is 0.909. The number of carbonyl (C=O) groups excluding carboxylic acids is 1. The van der Waals surface area contributed by atoms with Crippen molar-refractivity contribution in [1.82, 2.24) is 10.6 Å². The molecule has 2 N–H and O–H groups in total. The summed E-state index contributed by atoms with van der Waals surface area (Å²) in [6.07, 6.45) is 4.12. The van der Waals surface area contributed by atoms with Crippen molar-refractivity contribution in [3.8, 4) is 0 Å². The zero-order valence-electron chi connectivity index (χ0n) is 11.7. The third-order valence-electron chi connectivity index (χ3n) is 3.98. The molecule has 19 heavy (non-hydrogen) atoms. The Morgan fingerprint density at radius 2 is 2.05 bits per heavy atom. The maximum absolute atomic E-state index is 11.8. The molecule has 1 heterocycles. The molecule has 104 valence electrons. The Hall–Kier alpha value is -1.35. The Morgan fingerprint density at radius 3 is 2.79 bits per heavy atom. The lowest BCUT2D eigenvalue weighted by Gasteiger charge is -2.22. The molecule has 1 fully saturated rings. The van der Waals surface area contributed by atoms with Crippen molar-refractivity contribution >= 4 is 5.91 Å². The first-order valence-electron chi connectivity index (χ1n) is 7.27. The molecule has 1 aromatic rings. The van der Waals surface area contributed by atoms with Gasteiger partial charge in [0.1, 0.15) is 0 Å². The number of carbonyl (C=O) groups is 1. The Balaban J connectivity index is 1.68. The summed E-state index contributed by atoms with van der Waals surface area (Å²) in [7, 11) is 0. The molecule has 0 bridgehead atoms. The third kappa shape index (κ3) is 4.67. The van der Waals surface area contributed by atoms with Gasteiger partial charge in [0.25, 0.3) is 0 Å². The average Bonchev–Trinajstić information content (AvgIpc) is 2.45. The van der Waals surface area contributed by atoms with Gasteiger partial charge in [-0.05, 0) is 56.3 Å². The predicted molar refractivity (Wildman–Crippen MR) is 77.9 cm³/mol. The topological polar surface area (TPSA) is 41.1 Å². The van der Waals surface area contributed by atoms with Crippen LogP contribution in [0.2, 0.25) is 0 Å². The van der Waals surface area contributed by atoms with Crippen molar-refractivity contribution in [2.24, 2.45) is 5.92 Å². The number of rotatable bonds is 5. The molecule has 0 aliphatic carbocycles. The molecule has 1 aliphatic rings. The summed E-state index contributed by atoms with van der Waals surface area (Å²) >= 11 is 0. The normalized spacial score (nSPS) is 16.3. The van der Waals surface area contributed by atoms with Gasteiger partial charge in [0.15, 0.2) is 0 Å². The Kier molecular flexibility index (Phi) is 5.40. The van der Waals surface area contributed by atoms with Crippen LogP contribution in [0.15, 0.2) is 24.3 Å². The van der Waals surface area contributed by atoms with E-state index < -0.39 is 0 Å². The van der Waals surface area contributed by atoms with Crippen LogP contribution in [0.4, 0.5) is 0 Å². The summed E-state index contributed by atoms with van der Waals surface area (Å²) < 4.78 is 0. The minimum Gasteiger partial charge on any atom is -0.352 e. The maximum Gasteiger partial charge on any atom is 0.220 e. The van der Waals surface area contributed by atoms with Gasteiger partial charge in [-0.15, -0.1) is 0 Å². The number of hydrogen-bond donors (Lipinski definition) is 2. The quantitative estimate of drug-likeness (QED) is 0.853. The molecule has 1 amide bonds. The summed E-state index contributed by atoms with van der Waals surface area (Å²) in [5, 5.41) is 6.38. The number of amides is 1. The molecule has 3 heteroatoms. The van der Waals surface area contributed by atoms with Gasteiger partial charge < -0.3 is 10.6 Å². The smallest absolute Gasteiger partial charge is 0.220 e. The molecule has 1 saturated heterocycles. The minimum atomic E-state index is 0.182. The molecule has 1 aliphatic heterocycles. The SMILES string of the molecule is Cc1ccccc1CNC(=O)CCC1CCNCC1. The molecular weight excluding hydrogens is 236 g/mol. The zero-order chi connectivity index (χ0) is 13.5. The molecule has 0 aromatic heterocycles. The van der Waals surface area contributed by atoms with Crippen LogP contribution in [0, 0.1) is 12.8 Å². The molecule has 0 spiro atoms. The molecule has 0 atom stereocenters. The van der Waals surface area contributed by atoms with E-state index in [2.05, 4.69) is 29.7 Å². The lowest BCUT2D eigenvalue weighted by molar-refractivity contribution is -0.121. The first kappa shape index (κ1) is 14.1. The van der Waals surface area contributed by atoms with Gasteiger partial charge in [0.2, 0.25) is 5.91 Å². The third-order valence-corrected chi connectivity index (χ3v) is 3.98. The van der Waals surface area contributed by atoms with Crippen LogP contribution in [0.3, 0.4) is 0 Å². The monoisotopic (exact) mass is 260 g/mol. The number of hydrogen-bond acceptors (Lipinski definition) is 2. The number of benzene rings is 1. The zero-order valence-corrected chi connectivity index (χ0v) is 11.7. The van der Waals surface area contributed by atoms with Gasteiger partial charge in [-0.2, -0.15) is 0 Å². The van der Waals surface area contributed by atoms with Crippen molar-refractivity contribution < 1.29 is 4.79 Å². The predicted octanol–water partition coefficient (Wildman–Crippen LogP) is 2.39. The first-order valence-corrected chi connectivity index (χ1v) is 7.27. The van der Waals surface area contributed by atoms with Crippen molar-refractivity contribution in [3.05, 3.63) is 35.4 Å². The number of aryl methyl sites for hydroxylation is 1. The lowest BCUT2D eigenvalue weighted by Crippen LogP contribution is -2.29. The Morgan fingerprint density at radius 1 is 1.32 bits per heavy atom. The van der Waals surface area contributed by atoms with Crippen LogP contribution >= 0.6 is 0 Å². The fraction of sp³-hybridized carbons (Fsp3) is 0.562. The highest BCUT2D eigenvalue weighted by atomic mass is 16.1. The Labute approximate surface area is 115 Å². The van der Waals surface area contributed by atoms with Crippen LogP contribution in [0.5, 0.6) is 0 Å². The molecule has 3 nitrogen and oxygen atoms in total. The average molecular weight is 260 g/mol. The van der Waals surface area contributed by atoms with Crippen molar-refractivity contribution in [2.45, 2.75) is 39.2 Å². The first-order chi connectivity index (χ1) is 9.25. The highest BCUT2D eigenvalue weighted by molar-refractivity contribution is 5.75. The molecule has 0 saturated carbocycles. The van der Waals surface area contributed by atoms with E-state index >= 15 is 0 Å². The van der Waals surface area contributed by atoms with Crippen LogP contribution in [-0.4, -0.2) is 19.0 Å². The largest absolute Gasteiger partial charge is 0.352 e. The number of piperidine rings is 1. The summed E-state index contributed by atoms with van der Waals surface area (Å²) in [6, 6.07) is 8.19. The second-order valence-corrected chi connectivity index (χ2v) is 5.44. The van der Waals surface area contributed by atoms with E-state index in [0.717, 1.165) is 25.4 Å². The summed E-state index contributed by atoms with van der Waals surface area (Å²) in [6.45, 7) is 4.94. The Bertz CT molecular complexity index is 411. The van der Waals surface area contributed by atoms with Gasteiger partial charge in [-0.25, -0.2) is 0 Å². The van der Waals surface area contributed by atoms with E-state index in [0.29, 0.717) is 13.0 Å². The molecular formula is C16H24N2O. The highest BCUT2D eigenvalue weighted by Crippen LogP contribution is 2.17. The van der Waals surface area contributed by atoms with Crippen molar-refractivity contribution in [1.29, 1.82) is 0 Å². The van der Waals surface area contributed by atoms with Gasteiger partial charge >= 0.3 is 0 Å². The molecule has 2 rings (SSSR count). The van der Waals surface area contributed by atoms with Crippen LogP contribution in [0.1, 0.15) is 36.8 Å². The second kappa shape index (κ2) is 7.29. The van der Waals surface area contributed by atoms with Crippen LogP contribution < -0.4 is 10.6 Å². The van der Waals surface area contributed by atoms with E-state index in [9.17, 15) is 4.79 Å². The van der Waals surface area contributed by atoms with Crippen LogP contribution in [-0.2, 0) is 11.3 Å². The van der Waals surface area contributed by atoms with E-state index in [1.54, 1.807) is 0 Å². The lowest BCUT2D eigenvalue weighted by atomic mass is 9.93. The summed E-state index contributed by atoms with van der Waals surface area (Å²) in [5.41, 5.74) is 2.44. The highest BCUT2D eigenvalue weighted by Gasteiger charge is 2.14. The van der Waals surface area contributed by atoms with Gasteiger partial charge in [-0.1, -0.05) is 24.3 Å². The van der Waals surface area contributed by atoms with Crippen LogP contribution in [0.25, 0.3) is 0 Å². The molecule has 0 unspecified atom stereocenters. The molecule has 1 aromatic carbocycles.